The Kier molecular flexibility index (Phi) is 15.1. The zero-order valence-corrected chi connectivity index (χ0v) is 32.7. The Morgan fingerprint density at radius 2 is 1.66 bits per heavy atom. The molecule has 0 bridgehead atoms. The first kappa shape index (κ1) is 41.2. The fraction of sp³-hybridized carbons (Fsp3) is 0.514. The Morgan fingerprint density at radius 3 is 2.20 bits per heavy atom. The summed E-state index contributed by atoms with van der Waals surface area (Å²) in [6.45, 7) is 16.4. The monoisotopic (exact) mass is 753 g/mol. The molecule has 2 heterocycles. The maximum atomic E-state index is 11.6. The highest BCUT2D eigenvalue weighted by atomic mass is 32.2. The Bertz CT molecular complexity index is 1880. The summed E-state index contributed by atoms with van der Waals surface area (Å²) in [6, 6.07) is 9.40. The highest BCUT2D eigenvalue weighted by molar-refractivity contribution is 7.86. The van der Waals surface area contributed by atoms with E-state index >= 15 is 0 Å². The molecule has 4 rings (SSSR count). The Hall–Kier alpha value is -3.21. The lowest BCUT2D eigenvalue weighted by molar-refractivity contribution is -0.894. The number of aryl methyl sites for hydroxylation is 2. The molecule has 0 aliphatic carbocycles. The van der Waals surface area contributed by atoms with Crippen molar-refractivity contribution in [3.05, 3.63) is 58.4 Å². The Balaban J connectivity index is 0.000000872. The van der Waals surface area contributed by atoms with Gasteiger partial charge in [0.15, 0.2) is 23.8 Å². The van der Waals surface area contributed by atoms with Gasteiger partial charge in [-0.25, -0.2) is 16.8 Å². The summed E-state index contributed by atoms with van der Waals surface area (Å²) >= 11 is 1.48. The largest absolute Gasteiger partial charge is 0.748 e. The van der Waals surface area contributed by atoms with Gasteiger partial charge >= 0.3 is 0 Å². The van der Waals surface area contributed by atoms with Crippen LogP contribution in [0.1, 0.15) is 64.5 Å². The van der Waals surface area contributed by atoms with Gasteiger partial charge in [0.1, 0.15) is 4.70 Å². The van der Waals surface area contributed by atoms with E-state index in [1.807, 2.05) is 65.8 Å². The van der Waals surface area contributed by atoms with Crippen molar-refractivity contribution in [3.63, 3.8) is 0 Å². The number of nitrogens with zero attached hydrogens (tertiary/aromatic N) is 2. The summed E-state index contributed by atoms with van der Waals surface area (Å²) in [5.74, 6) is 1.70. The van der Waals surface area contributed by atoms with Gasteiger partial charge in [0, 0.05) is 42.2 Å². The Labute approximate surface area is 301 Å². The van der Waals surface area contributed by atoms with E-state index in [9.17, 15) is 25.9 Å². The van der Waals surface area contributed by atoms with Crippen LogP contribution < -0.4 is 28.6 Å². The molecule has 1 aromatic heterocycles. The average molecular weight is 754 g/mol. The molecule has 3 aromatic rings. The van der Waals surface area contributed by atoms with Crippen molar-refractivity contribution in [1.29, 1.82) is 0 Å². The minimum absolute atomic E-state index is 0.119. The zero-order valence-electron chi connectivity index (χ0n) is 30.3. The number of hydrogen-bond donors (Lipinski definition) is 1. The molecule has 1 aliphatic rings. The van der Waals surface area contributed by atoms with Gasteiger partial charge < -0.3 is 33.1 Å². The lowest BCUT2D eigenvalue weighted by atomic mass is 10.1. The summed E-state index contributed by atoms with van der Waals surface area (Å²) in [7, 11) is -5.73. The smallest absolute Gasteiger partial charge is 0.263 e. The molecule has 0 saturated carbocycles. The van der Waals surface area contributed by atoms with E-state index in [0.29, 0.717) is 29.6 Å². The van der Waals surface area contributed by atoms with Crippen molar-refractivity contribution in [2.24, 2.45) is 0 Å². The van der Waals surface area contributed by atoms with Crippen LogP contribution in [0.2, 0.25) is 0 Å². The van der Waals surface area contributed by atoms with Crippen molar-refractivity contribution in [3.8, 4) is 17.2 Å². The van der Waals surface area contributed by atoms with Crippen LogP contribution in [0.5, 0.6) is 17.2 Å². The standard InChI is InChI=1S/C29H36N2O9S3.C6H15N/c1-6-21(15-28-30(12-10-20(3)43(35,36)37)22-14-19(2)8-9-24(22)40-28)16-29-31(11-7-13-42(32,33)34)23-17-25(38-4)26(39-5)18-27(23)41-29;1-4-7(5-2)6-3/h8-9,14-18,20H,6-7,10-13H2,1-5H3,(H-,32,33,34,35,36,37);4-6H2,1-3H3. The van der Waals surface area contributed by atoms with Crippen LogP contribution in [-0.2, 0) is 26.8 Å². The van der Waals surface area contributed by atoms with Gasteiger partial charge in [-0.3, -0.25) is 0 Å². The molecule has 0 fully saturated rings. The van der Waals surface area contributed by atoms with Gasteiger partial charge in [-0.05, 0) is 70.7 Å². The summed E-state index contributed by atoms with van der Waals surface area (Å²) in [6.07, 6.45) is 4.71. The molecule has 1 unspecified atom stereocenters. The molecule has 15 heteroatoms. The van der Waals surface area contributed by atoms with Gasteiger partial charge in [0.2, 0.25) is 11.4 Å². The van der Waals surface area contributed by atoms with Crippen molar-refractivity contribution in [1.82, 2.24) is 0 Å². The number of anilines is 1. The van der Waals surface area contributed by atoms with E-state index in [-0.39, 0.29) is 25.9 Å². The lowest BCUT2D eigenvalue weighted by Gasteiger charge is -2.22. The van der Waals surface area contributed by atoms with Crippen molar-refractivity contribution in [2.45, 2.75) is 72.6 Å². The zero-order chi connectivity index (χ0) is 37.2. The van der Waals surface area contributed by atoms with Crippen LogP contribution >= 0.6 is 11.3 Å². The van der Waals surface area contributed by atoms with Gasteiger partial charge in [0.05, 0.1) is 65.8 Å². The number of aromatic nitrogens is 1. The van der Waals surface area contributed by atoms with Crippen LogP contribution in [0.25, 0.3) is 16.3 Å². The topological polar surface area (TPSA) is 154 Å². The number of hydrogen-bond acceptors (Lipinski definition) is 11. The number of benzene rings is 2. The predicted octanol–water partition coefficient (Wildman–Crippen LogP) is 4.24. The molecule has 0 saturated heterocycles. The molecule has 1 N–H and O–H groups in total. The van der Waals surface area contributed by atoms with E-state index in [1.54, 1.807) is 12.0 Å². The van der Waals surface area contributed by atoms with Crippen LogP contribution in [0, 0.1) is 6.92 Å². The van der Waals surface area contributed by atoms with Gasteiger partial charge in [-0.1, -0.05) is 24.3 Å². The number of nitrogens with one attached hydrogen (secondary N) is 1. The predicted molar refractivity (Wildman–Crippen MR) is 196 cm³/mol. The molecular formula is C35H51N3O9S3. The number of ether oxygens (including phenoxy) is 3. The van der Waals surface area contributed by atoms with Crippen molar-refractivity contribution < 1.29 is 49.6 Å². The highest BCUT2D eigenvalue weighted by Gasteiger charge is 2.28. The SMILES string of the molecule is CCC(/C=C1\Oc2ccc(C)cc2N1CCC(C)S(=O)(=O)[O-])=C\c1sc2cc(OC)c(OC)cc2[n+]1CCCS(=O)(=O)[O-].CC[NH+](CC)CC. The van der Waals surface area contributed by atoms with E-state index in [1.165, 1.54) is 45.0 Å². The van der Waals surface area contributed by atoms with Crippen LogP contribution in [0.4, 0.5) is 5.69 Å². The summed E-state index contributed by atoms with van der Waals surface area (Å²) in [5.41, 5.74) is 3.47. The summed E-state index contributed by atoms with van der Waals surface area (Å²) in [5, 5.41) is -0.250. The van der Waals surface area contributed by atoms with Crippen LogP contribution in [-0.4, -0.2) is 77.3 Å². The first-order valence-corrected chi connectivity index (χ1v) is 20.7. The maximum absolute atomic E-state index is 11.6. The minimum atomic E-state index is -4.44. The number of fused-ring (bicyclic) bond motifs is 2. The second-order valence-electron chi connectivity index (χ2n) is 12.1. The number of quaternary nitrogens is 1. The number of methoxy groups -OCH3 is 2. The molecule has 2 aromatic carbocycles. The summed E-state index contributed by atoms with van der Waals surface area (Å²) in [4.78, 5) is 3.56. The molecule has 12 nitrogen and oxygen atoms in total. The lowest BCUT2D eigenvalue weighted by Crippen LogP contribution is -3.11. The highest BCUT2D eigenvalue weighted by Crippen LogP contribution is 2.41. The quantitative estimate of drug-likeness (QED) is 0.166. The fourth-order valence-corrected chi connectivity index (χ4v) is 7.54. The van der Waals surface area contributed by atoms with Crippen LogP contribution in [0.15, 0.2) is 47.9 Å². The molecule has 1 aliphatic heterocycles. The second kappa shape index (κ2) is 18.3. The van der Waals surface area contributed by atoms with Gasteiger partial charge in [0.25, 0.3) is 5.01 Å². The maximum Gasteiger partial charge on any atom is 0.263 e. The van der Waals surface area contributed by atoms with E-state index in [4.69, 9.17) is 14.2 Å². The normalized spacial score (nSPS) is 14.8. The third kappa shape index (κ3) is 11.1. The van der Waals surface area contributed by atoms with Gasteiger partial charge in [-0.15, -0.1) is 0 Å². The van der Waals surface area contributed by atoms with E-state index in [0.717, 1.165) is 32.0 Å². The van der Waals surface area contributed by atoms with E-state index in [2.05, 4.69) is 20.8 Å². The molecule has 1 atom stereocenters. The minimum Gasteiger partial charge on any atom is -0.748 e. The molecule has 0 radical (unpaired) electrons. The Morgan fingerprint density at radius 1 is 1.02 bits per heavy atom. The molecule has 0 spiro atoms. The molecular weight excluding hydrogens is 703 g/mol. The fourth-order valence-electron chi connectivity index (χ4n) is 5.48. The number of thiazole rings is 1. The third-order valence-electron chi connectivity index (χ3n) is 8.68. The summed E-state index contributed by atoms with van der Waals surface area (Å²) < 4.78 is 88.6. The van der Waals surface area contributed by atoms with E-state index < -0.39 is 31.2 Å². The molecule has 50 heavy (non-hydrogen) atoms. The number of allylic oxidation sites excluding steroid dienone is 2. The molecule has 278 valence electrons. The van der Waals surface area contributed by atoms with Crippen molar-refractivity contribution >= 4 is 53.6 Å². The van der Waals surface area contributed by atoms with Crippen LogP contribution in [0.3, 0.4) is 0 Å². The third-order valence-corrected chi connectivity index (χ3v) is 11.8. The average Bonchev–Trinajstić information content (AvgIpc) is 3.58. The number of rotatable bonds is 16. The first-order chi connectivity index (χ1) is 23.6. The second-order valence-corrected chi connectivity index (χ2v) is 16.4. The van der Waals surface area contributed by atoms with Crippen molar-refractivity contribution in [2.75, 3.05) is 51.1 Å². The molecule has 0 amide bonds. The van der Waals surface area contributed by atoms with Gasteiger partial charge in [-0.2, -0.15) is 4.57 Å². The first-order valence-electron chi connectivity index (χ1n) is 16.9.